The molecule has 1 aromatic heterocycles. The number of nitrogens with zero attached hydrogens (tertiary/aromatic N) is 3. The monoisotopic (exact) mass is 733 g/mol. The van der Waals surface area contributed by atoms with Crippen molar-refractivity contribution in [1.82, 2.24) is 9.58 Å². The topological polar surface area (TPSA) is 107 Å². The van der Waals surface area contributed by atoms with Crippen LogP contribution in [0.1, 0.15) is 53.0 Å². The maximum Gasteiger partial charge on any atom is 0.511 e. The molecule has 3 aromatic rings. The van der Waals surface area contributed by atoms with E-state index in [0.717, 1.165) is 23.4 Å². The lowest BCUT2D eigenvalue weighted by molar-refractivity contribution is -0.173. The van der Waals surface area contributed by atoms with Crippen LogP contribution in [0.5, 0.6) is 5.75 Å². The number of hydrogen-bond acceptors (Lipinski definition) is 9. The fraction of sp³-hybridized carbons (Fsp3) is 0.355. The Morgan fingerprint density at radius 1 is 1.02 bits per heavy atom. The second-order valence-corrected chi connectivity index (χ2v) is 12.3. The van der Waals surface area contributed by atoms with Crippen molar-refractivity contribution in [1.29, 1.82) is 0 Å². The number of carbonyl (C=O) groups is 3. The number of alkyl halides is 6. The number of aromatic nitrogens is 1. The third kappa shape index (κ3) is 7.61. The minimum absolute atomic E-state index is 0.320. The molecule has 0 unspecified atom stereocenters. The van der Waals surface area contributed by atoms with Gasteiger partial charge in [-0.25, -0.2) is 4.79 Å². The zero-order chi connectivity index (χ0) is 35.7. The number of benzene rings is 2. The highest BCUT2D eigenvalue weighted by molar-refractivity contribution is 7.98. The zero-order valence-electron chi connectivity index (χ0n) is 25.3. The van der Waals surface area contributed by atoms with Crippen molar-refractivity contribution < 1.29 is 54.9 Å². The summed E-state index contributed by atoms with van der Waals surface area (Å²) in [5, 5.41) is 1.78. The molecule has 2 atom stereocenters. The third-order valence-corrected chi connectivity index (χ3v) is 9.26. The molecule has 0 fully saturated rings. The van der Waals surface area contributed by atoms with Crippen LogP contribution >= 0.6 is 23.4 Å². The Morgan fingerprint density at radius 3 is 2.47 bits per heavy atom. The fourth-order valence-electron chi connectivity index (χ4n) is 5.34. The summed E-state index contributed by atoms with van der Waals surface area (Å²) in [7, 11) is 0. The van der Waals surface area contributed by atoms with Crippen molar-refractivity contribution in [3.63, 3.8) is 0 Å². The molecular formula is C31H26ClF6N3O7S. The summed E-state index contributed by atoms with van der Waals surface area (Å²) in [5.41, 5.74) is 0.508. The first kappa shape index (κ1) is 35.9. The van der Waals surface area contributed by atoms with Crippen molar-refractivity contribution in [2.45, 2.75) is 54.8 Å². The standard InChI is InChI=1S/C31H26ClF6N3O7S/c1-17(30(33,34)35)39-15-41(25-19-7-2-3-9-22(19)49-14-18-6-4-8-20(32)24(18)25)40-12-11-21(42)27(26(40)28(39)44)47-16-48-29(45)46-13-5-10-23(43)31(36,37)38/h2-4,6-9,11-12,17,25H,5,10,13-16H2,1H3/t17-,25-/m1/s1. The maximum atomic E-state index is 14.2. The highest BCUT2D eigenvalue weighted by Crippen LogP contribution is 2.45. The summed E-state index contributed by atoms with van der Waals surface area (Å²) >= 11 is 8.24. The molecule has 0 spiro atoms. The van der Waals surface area contributed by atoms with E-state index < -0.39 is 92.1 Å². The van der Waals surface area contributed by atoms with Crippen molar-refractivity contribution in [2.75, 3.05) is 25.1 Å². The first-order valence-electron chi connectivity index (χ1n) is 14.5. The molecule has 0 radical (unpaired) electrons. The number of fused-ring (bicyclic) bond motifs is 3. The average Bonchev–Trinajstić information content (AvgIpc) is 3.21. The van der Waals surface area contributed by atoms with Crippen LogP contribution < -0.4 is 15.2 Å². The fourth-order valence-corrected chi connectivity index (χ4v) is 6.73. The second kappa shape index (κ2) is 14.2. The smallest absolute Gasteiger partial charge is 0.451 e. The van der Waals surface area contributed by atoms with Gasteiger partial charge < -0.3 is 19.1 Å². The number of rotatable bonds is 9. The van der Waals surface area contributed by atoms with E-state index in [4.69, 9.17) is 21.1 Å². The Kier molecular flexibility index (Phi) is 10.4. The Bertz CT molecular complexity index is 1820. The van der Waals surface area contributed by atoms with Crippen LogP contribution in [0.25, 0.3) is 0 Å². The van der Waals surface area contributed by atoms with Crippen LogP contribution in [0.15, 0.2) is 64.4 Å². The van der Waals surface area contributed by atoms with Crippen molar-refractivity contribution in [3.8, 4) is 5.75 Å². The quantitative estimate of drug-likeness (QED) is 0.104. The van der Waals surface area contributed by atoms with E-state index in [0.29, 0.717) is 26.8 Å². The summed E-state index contributed by atoms with van der Waals surface area (Å²) in [6.07, 6.45) is -11.5. The molecule has 2 aliphatic heterocycles. The molecule has 5 rings (SSSR count). The number of Topliss-reactive ketones (excluding diaryl/α,β-unsaturated/α-hetero) is 1. The summed E-state index contributed by atoms with van der Waals surface area (Å²) in [6, 6.07) is 10.3. The molecule has 49 heavy (non-hydrogen) atoms. The van der Waals surface area contributed by atoms with Crippen LogP contribution in [0, 0.1) is 0 Å². The van der Waals surface area contributed by atoms with Crippen molar-refractivity contribution >= 4 is 41.2 Å². The lowest BCUT2D eigenvalue weighted by Gasteiger charge is -2.46. The number of thioether (sulfide) groups is 1. The second-order valence-electron chi connectivity index (χ2n) is 10.8. The number of ketones is 1. The SMILES string of the molecule is C[C@@H](N1CN([C@@H]2c3ccccc3SCc3cccc(Cl)c32)n2ccc(=O)c(OCOC(=O)OCCCC(=O)C(F)(F)F)c2C1=O)C(F)(F)F. The van der Waals surface area contributed by atoms with Gasteiger partial charge in [-0.2, -0.15) is 26.3 Å². The molecule has 0 N–H and O–H groups in total. The van der Waals surface area contributed by atoms with E-state index in [1.807, 2.05) is 18.2 Å². The molecule has 2 aromatic carbocycles. The van der Waals surface area contributed by atoms with Gasteiger partial charge in [-0.15, -0.1) is 11.8 Å². The number of ether oxygens (including phenoxy) is 3. The molecule has 18 heteroatoms. The predicted octanol–water partition coefficient (Wildman–Crippen LogP) is 6.60. The molecule has 0 saturated heterocycles. The van der Waals surface area contributed by atoms with E-state index in [-0.39, 0.29) is 0 Å². The number of hydrogen-bond donors (Lipinski definition) is 0. The Labute approximate surface area is 283 Å². The van der Waals surface area contributed by atoms with Crippen LogP contribution in [0.4, 0.5) is 31.1 Å². The first-order valence-corrected chi connectivity index (χ1v) is 15.9. The van der Waals surface area contributed by atoms with Gasteiger partial charge in [0.2, 0.25) is 23.8 Å². The van der Waals surface area contributed by atoms with E-state index in [2.05, 4.69) is 4.74 Å². The Balaban J connectivity index is 1.50. The minimum atomic E-state index is -5.04. The lowest BCUT2D eigenvalue weighted by Crippen LogP contribution is -2.60. The molecule has 2 aliphatic rings. The number of carbonyl (C=O) groups excluding carboxylic acids is 3. The first-order chi connectivity index (χ1) is 23.1. The molecule has 262 valence electrons. The van der Waals surface area contributed by atoms with E-state index in [9.17, 15) is 45.5 Å². The van der Waals surface area contributed by atoms with Gasteiger partial charge in [-0.05, 0) is 36.6 Å². The molecular weight excluding hydrogens is 708 g/mol. The molecule has 10 nitrogen and oxygen atoms in total. The summed E-state index contributed by atoms with van der Waals surface area (Å²) in [4.78, 5) is 51.2. The average molecular weight is 734 g/mol. The highest BCUT2D eigenvalue weighted by atomic mass is 35.5. The van der Waals surface area contributed by atoms with Gasteiger partial charge in [0.1, 0.15) is 18.8 Å². The summed E-state index contributed by atoms with van der Waals surface area (Å²) in [5.74, 6) is -3.47. The van der Waals surface area contributed by atoms with Crippen LogP contribution in [-0.2, 0) is 20.0 Å². The van der Waals surface area contributed by atoms with E-state index in [1.54, 1.807) is 24.3 Å². The molecule has 0 aliphatic carbocycles. The molecule has 3 heterocycles. The Morgan fingerprint density at radius 2 is 1.76 bits per heavy atom. The molecule has 0 bridgehead atoms. The lowest BCUT2D eigenvalue weighted by atomic mass is 9.94. The summed E-state index contributed by atoms with van der Waals surface area (Å²) in [6.45, 7) is -1.48. The molecule has 1 amide bonds. The van der Waals surface area contributed by atoms with E-state index >= 15 is 0 Å². The van der Waals surface area contributed by atoms with E-state index in [1.165, 1.54) is 27.6 Å². The zero-order valence-corrected chi connectivity index (χ0v) is 26.9. The number of amides is 1. The Hall–Kier alpha value is -4.38. The van der Waals surface area contributed by atoms with Gasteiger partial charge in [0.25, 0.3) is 5.91 Å². The van der Waals surface area contributed by atoms with Gasteiger partial charge >= 0.3 is 18.5 Å². The third-order valence-electron chi connectivity index (χ3n) is 7.79. The van der Waals surface area contributed by atoms with Crippen molar-refractivity contribution in [2.24, 2.45) is 0 Å². The largest absolute Gasteiger partial charge is 0.511 e. The van der Waals surface area contributed by atoms with Gasteiger partial charge in [0.15, 0.2) is 5.69 Å². The maximum absolute atomic E-state index is 14.2. The highest BCUT2D eigenvalue weighted by Gasteiger charge is 2.48. The van der Waals surface area contributed by atoms with Crippen molar-refractivity contribution in [3.05, 3.63) is 92.4 Å². The van der Waals surface area contributed by atoms with Gasteiger partial charge in [0, 0.05) is 39.9 Å². The number of halogens is 7. The minimum Gasteiger partial charge on any atom is -0.451 e. The van der Waals surface area contributed by atoms with Gasteiger partial charge in [-0.1, -0.05) is 41.9 Å². The van der Waals surface area contributed by atoms with Crippen LogP contribution in [-0.4, -0.2) is 65.9 Å². The van der Waals surface area contributed by atoms with Crippen LogP contribution in [0.2, 0.25) is 5.02 Å². The van der Waals surface area contributed by atoms with Gasteiger partial charge in [-0.3, -0.25) is 24.1 Å². The molecule has 0 saturated carbocycles. The van der Waals surface area contributed by atoms with Crippen LogP contribution in [0.3, 0.4) is 0 Å². The summed E-state index contributed by atoms with van der Waals surface area (Å²) < 4.78 is 95.5. The van der Waals surface area contributed by atoms with Gasteiger partial charge in [0.05, 0.1) is 6.61 Å². The normalized spacial score (nSPS) is 16.6. The number of pyridine rings is 1. The predicted molar refractivity (Wildman–Crippen MR) is 163 cm³/mol.